The third-order valence-electron chi connectivity index (χ3n) is 4.54. The van der Waals surface area contributed by atoms with Crippen LogP contribution in [-0.2, 0) is 0 Å². The van der Waals surface area contributed by atoms with Crippen LogP contribution in [0.1, 0.15) is 24.3 Å². The molecule has 0 atom stereocenters. The first-order valence-electron chi connectivity index (χ1n) is 9.71. The molecule has 0 radical (unpaired) electrons. The SMILES string of the molecule is CN/C=C(\C(=N)c1cncs1)c1cnc2ccc(N/C(N)=C/C(=C\N)C(C)C)nc2c1. The van der Waals surface area contributed by atoms with Gasteiger partial charge in [0.1, 0.15) is 11.6 Å². The first-order valence-corrected chi connectivity index (χ1v) is 10.6. The van der Waals surface area contributed by atoms with Crippen LogP contribution >= 0.6 is 11.3 Å². The summed E-state index contributed by atoms with van der Waals surface area (Å²) in [5.74, 6) is 1.30. The van der Waals surface area contributed by atoms with Gasteiger partial charge >= 0.3 is 0 Å². The van der Waals surface area contributed by atoms with Crippen LogP contribution in [0.15, 0.2) is 66.0 Å². The number of aromatic nitrogens is 3. The minimum absolute atomic E-state index is 0.257. The van der Waals surface area contributed by atoms with Gasteiger partial charge in [-0.3, -0.25) is 15.4 Å². The van der Waals surface area contributed by atoms with E-state index in [4.69, 9.17) is 16.9 Å². The smallest absolute Gasteiger partial charge is 0.132 e. The predicted molar refractivity (Wildman–Crippen MR) is 129 cm³/mol. The van der Waals surface area contributed by atoms with Crippen molar-refractivity contribution in [1.82, 2.24) is 20.3 Å². The summed E-state index contributed by atoms with van der Waals surface area (Å²) in [5.41, 5.74) is 17.7. The van der Waals surface area contributed by atoms with E-state index in [2.05, 4.69) is 25.6 Å². The molecule has 0 amide bonds. The summed E-state index contributed by atoms with van der Waals surface area (Å²) in [5, 5.41) is 14.7. The van der Waals surface area contributed by atoms with Crippen LogP contribution in [-0.4, -0.2) is 27.7 Å². The van der Waals surface area contributed by atoms with Gasteiger partial charge in [0.2, 0.25) is 0 Å². The minimum Gasteiger partial charge on any atom is -0.404 e. The fourth-order valence-electron chi connectivity index (χ4n) is 2.91. The quantitative estimate of drug-likeness (QED) is 0.270. The molecule has 7 N–H and O–H groups in total. The van der Waals surface area contributed by atoms with Crippen LogP contribution in [0.5, 0.6) is 0 Å². The number of nitrogens with one attached hydrogen (secondary N) is 3. The highest BCUT2D eigenvalue weighted by Crippen LogP contribution is 2.24. The highest BCUT2D eigenvalue weighted by Gasteiger charge is 2.14. The molecule has 3 aromatic rings. The van der Waals surface area contributed by atoms with E-state index in [-0.39, 0.29) is 5.92 Å². The van der Waals surface area contributed by atoms with Crippen LogP contribution < -0.4 is 22.1 Å². The van der Waals surface area contributed by atoms with E-state index in [1.165, 1.54) is 11.3 Å². The second-order valence-electron chi connectivity index (χ2n) is 7.09. The first-order chi connectivity index (χ1) is 14.9. The number of nitrogens with zero attached hydrogens (tertiary/aromatic N) is 3. The van der Waals surface area contributed by atoms with Gasteiger partial charge in [-0.25, -0.2) is 4.98 Å². The standard InChI is InChI=1S/C22H26N8S/c1-13(2)14(8-23)7-20(24)30-21-5-4-17-18(29-21)6-15(9-28-17)16(10-26-3)22(25)19-11-27-12-31-19/h4-13,25-26H,23-24H2,1-3H3,(H,29,30)/b14-8+,16-10-,20-7+,25-22?. The minimum atomic E-state index is 0.257. The summed E-state index contributed by atoms with van der Waals surface area (Å²) >= 11 is 1.42. The average molecular weight is 435 g/mol. The normalized spacial score (nSPS) is 13.0. The zero-order valence-electron chi connectivity index (χ0n) is 17.7. The van der Waals surface area contributed by atoms with Gasteiger partial charge in [-0.15, -0.1) is 11.3 Å². The molecule has 3 rings (SSSR count). The van der Waals surface area contributed by atoms with E-state index in [0.29, 0.717) is 28.4 Å². The van der Waals surface area contributed by atoms with Crippen molar-refractivity contribution in [3.8, 4) is 0 Å². The Kier molecular flexibility index (Phi) is 6.99. The zero-order valence-corrected chi connectivity index (χ0v) is 18.5. The maximum absolute atomic E-state index is 8.57. The molecule has 9 heteroatoms. The van der Waals surface area contributed by atoms with Crippen molar-refractivity contribution in [3.63, 3.8) is 0 Å². The summed E-state index contributed by atoms with van der Waals surface area (Å²) < 4.78 is 0. The maximum Gasteiger partial charge on any atom is 0.132 e. The molecular weight excluding hydrogens is 408 g/mol. The summed E-state index contributed by atoms with van der Waals surface area (Å²) in [4.78, 5) is 14.0. The van der Waals surface area contributed by atoms with Crippen molar-refractivity contribution in [1.29, 1.82) is 5.41 Å². The van der Waals surface area contributed by atoms with Crippen LogP contribution in [0, 0.1) is 11.3 Å². The monoisotopic (exact) mass is 434 g/mol. The number of hydrogen-bond acceptors (Lipinski definition) is 9. The number of nitrogens with two attached hydrogens (primary N) is 2. The number of allylic oxidation sites excluding steroid dienone is 3. The van der Waals surface area contributed by atoms with Gasteiger partial charge in [0.05, 0.1) is 27.1 Å². The van der Waals surface area contributed by atoms with E-state index in [0.717, 1.165) is 21.5 Å². The lowest BCUT2D eigenvalue weighted by Crippen LogP contribution is -2.12. The number of anilines is 1. The lowest BCUT2D eigenvalue weighted by Gasteiger charge is -2.11. The molecular formula is C22H26N8S. The molecule has 0 saturated heterocycles. The van der Waals surface area contributed by atoms with Crippen LogP contribution in [0.25, 0.3) is 16.6 Å². The lowest BCUT2D eigenvalue weighted by molar-refractivity contribution is 0.786. The number of rotatable bonds is 8. The molecule has 0 unspecified atom stereocenters. The number of thiazole rings is 1. The molecule has 0 aliphatic rings. The molecule has 0 spiro atoms. The Bertz CT molecular complexity index is 1160. The third kappa shape index (κ3) is 5.26. The Morgan fingerprint density at radius 1 is 1.23 bits per heavy atom. The van der Waals surface area contributed by atoms with Gasteiger partial charge in [-0.2, -0.15) is 0 Å². The van der Waals surface area contributed by atoms with Crippen LogP contribution in [0.3, 0.4) is 0 Å². The molecule has 160 valence electrons. The van der Waals surface area contributed by atoms with E-state index < -0.39 is 0 Å². The molecule has 0 saturated carbocycles. The van der Waals surface area contributed by atoms with Gasteiger partial charge < -0.3 is 22.1 Å². The highest BCUT2D eigenvalue weighted by molar-refractivity contribution is 7.12. The van der Waals surface area contributed by atoms with Gasteiger partial charge in [0, 0.05) is 36.8 Å². The fraction of sp³-hybridized carbons (Fsp3) is 0.182. The molecule has 0 aliphatic heterocycles. The fourth-order valence-corrected chi connectivity index (χ4v) is 3.50. The largest absolute Gasteiger partial charge is 0.404 e. The molecule has 0 aromatic carbocycles. The van der Waals surface area contributed by atoms with Crippen LogP contribution in [0.4, 0.5) is 5.82 Å². The van der Waals surface area contributed by atoms with E-state index in [1.807, 2.05) is 32.0 Å². The summed E-state index contributed by atoms with van der Waals surface area (Å²) in [6.07, 6.45) is 8.55. The van der Waals surface area contributed by atoms with Gasteiger partial charge in [0.15, 0.2) is 0 Å². The number of pyridine rings is 2. The molecule has 0 aliphatic carbocycles. The van der Waals surface area contributed by atoms with Gasteiger partial charge in [0.25, 0.3) is 0 Å². The van der Waals surface area contributed by atoms with E-state index in [9.17, 15) is 0 Å². The van der Waals surface area contributed by atoms with Gasteiger partial charge in [-0.1, -0.05) is 13.8 Å². The third-order valence-corrected chi connectivity index (χ3v) is 5.33. The van der Waals surface area contributed by atoms with Gasteiger partial charge in [-0.05, 0) is 42.0 Å². The van der Waals surface area contributed by atoms with Crippen molar-refractivity contribution >= 4 is 39.5 Å². The number of fused-ring (bicyclic) bond motifs is 1. The zero-order chi connectivity index (χ0) is 22.4. The topological polar surface area (TPSA) is 139 Å². The molecule has 3 aromatic heterocycles. The van der Waals surface area contributed by atoms with Crippen molar-refractivity contribution in [2.24, 2.45) is 17.4 Å². The Hall–Kier alpha value is -3.72. The number of hydrogen-bond donors (Lipinski definition) is 5. The van der Waals surface area contributed by atoms with E-state index in [1.54, 1.807) is 43.4 Å². The highest BCUT2D eigenvalue weighted by atomic mass is 32.1. The molecule has 0 fully saturated rings. The second kappa shape index (κ2) is 9.86. The Balaban J connectivity index is 1.93. The van der Waals surface area contributed by atoms with Crippen LogP contribution in [0.2, 0.25) is 0 Å². The molecule has 31 heavy (non-hydrogen) atoms. The molecule has 8 nitrogen and oxygen atoms in total. The first kappa shape index (κ1) is 22.0. The average Bonchev–Trinajstić information content (AvgIpc) is 3.29. The summed E-state index contributed by atoms with van der Waals surface area (Å²) in [6.45, 7) is 4.09. The summed E-state index contributed by atoms with van der Waals surface area (Å²) in [7, 11) is 1.80. The van der Waals surface area contributed by atoms with Crippen molar-refractivity contribution in [2.45, 2.75) is 13.8 Å². The van der Waals surface area contributed by atoms with Crippen molar-refractivity contribution in [3.05, 3.63) is 76.4 Å². The van der Waals surface area contributed by atoms with Crippen molar-refractivity contribution in [2.75, 3.05) is 12.4 Å². The lowest BCUT2D eigenvalue weighted by atomic mass is 10.0. The molecule has 0 bridgehead atoms. The Labute approximate surface area is 185 Å². The Morgan fingerprint density at radius 3 is 2.68 bits per heavy atom. The van der Waals surface area contributed by atoms with Crippen molar-refractivity contribution < 1.29 is 0 Å². The Morgan fingerprint density at radius 2 is 2.03 bits per heavy atom. The predicted octanol–water partition coefficient (Wildman–Crippen LogP) is 3.43. The maximum atomic E-state index is 8.57. The second-order valence-corrected chi connectivity index (χ2v) is 7.98. The summed E-state index contributed by atoms with van der Waals surface area (Å²) in [6, 6.07) is 5.60. The molecule has 3 heterocycles. The van der Waals surface area contributed by atoms with E-state index >= 15 is 0 Å².